The first-order valence-corrected chi connectivity index (χ1v) is 13.7. The van der Waals surface area contributed by atoms with E-state index in [1.807, 2.05) is 111 Å². The highest BCUT2D eigenvalue weighted by Crippen LogP contribution is 2.25. The van der Waals surface area contributed by atoms with Gasteiger partial charge in [-0.1, -0.05) is 102 Å². The van der Waals surface area contributed by atoms with E-state index >= 15 is 0 Å². The van der Waals surface area contributed by atoms with E-state index in [2.05, 4.69) is 21.2 Å². The normalized spacial score (nSPS) is 12.5. The molecule has 0 aromatic heterocycles. The maximum atomic E-state index is 13.8. The fourth-order valence-corrected chi connectivity index (χ4v) is 4.82. The van der Waals surface area contributed by atoms with E-state index in [0.29, 0.717) is 12.2 Å². The van der Waals surface area contributed by atoms with Crippen molar-refractivity contribution in [2.24, 2.45) is 0 Å². The zero-order valence-electron chi connectivity index (χ0n) is 21.8. The molecule has 0 aliphatic heterocycles. The van der Waals surface area contributed by atoms with Gasteiger partial charge < -0.3 is 15.0 Å². The number of amides is 2. The highest BCUT2D eigenvalue weighted by molar-refractivity contribution is 9.10. The number of ether oxygens (including phenoxy) is 1. The Kier molecular flexibility index (Phi) is 9.55. The van der Waals surface area contributed by atoms with Crippen LogP contribution in [0.4, 0.5) is 0 Å². The van der Waals surface area contributed by atoms with Crippen LogP contribution in [0.5, 0.6) is 5.75 Å². The van der Waals surface area contributed by atoms with Gasteiger partial charge in [0.2, 0.25) is 5.91 Å². The fraction of sp³-hybridized carbons (Fsp3) is 0.250. The fourth-order valence-electron chi connectivity index (χ4n) is 4.37. The summed E-state index contributed by atoms with van der Waals surface area (Å²) in [5.41, 5.74) is 1.91. The number of rotatable bonds is 11. The molecule has 0 saturated carbocycles. The van der Waals surface area contributed by atoms with Crippen LogP contribution in [0.15, 0.2) is 102 Å². The molecule has 5 nitrogen and oxygen atoms in total. The van der Waals surface area contributed by atoms with Crippen LogP contribution in [-0.4, -0.2) is 35.4 Å². The number of benzene rings is 4. The molecular weight excluding hydrogens is 540 g/mol. The molecule has 6 heteroatoms. The van der Waals surface area contributed by atoms with Gasteiger partial charge in [-0.3, -0.25) is 9.59 Å². The van der Waals surface area contributed by atoms with Gasteiger partial charge in [0.05, 0.1) is 0 Å². The number of hydrogen-bond donors (Lipinski definition) is 1. The van der Waals surface area contributed by atoms with Crippen molar-refractivity contribution in [2.45, 2.75) is 45.3 Å². The van der Waals surface area contributed by atoms with E-state index in [1.165, 1.54) is 0 Å². The van der Waals surface area contributed by atoms with Crippen LogP contribution < -0.4 is 10.1 Å². The Bertz CT molecular complexity index is 1370. The summed E-state index contributed by atoms with van der Waals surface area (Å²) < 4.78 is 6.99. The Labute approximate surface area is 232 Å². The molecule has 0 fully saturated rings. The molecule has 1 N–H and O–H groups in total. The van der Waals surface area contributed by atoms with E-state index in [-0.39, 0.29) is 31.0 Å². The molecule has 2 amide bonds. The Morgan fingerprint density at radius 2 is 1.58 bits per heavy atom. The summed E-state index contributed by atoms with van der Waals surface area (Å²) in [7, 11) is 0. The van der Waals surface area contributed by atoms with Crippen LogP contribution in [0, 0.1) is 0 Å². The number of carbonyl (C=O) groups excluding carboxylic acids is 2. The molecule has 196 valence electrons. The lowest BCUT2D eigenvalue weighted by Crippen LogP contribution is -2.53. The Hall–Kier alpha value is -3.64. The number of nitrogens with one attached hydrogen (secondary N) is 1. The molecule has 2 atom stereocenters. The number of fused-ring (bicyclic) bond motifs is 1. The third-order valence-electron chi connectivity index (χ3n) is 6.61. The maximum absolute atomic E-state index is 13.8. The van der Waals surface area contributed by atoms with Gasteiger partial charge in [0.1, 0.15) is 11.8 Å². The van der Waals surface area contributed by atoms with Gasteiger partial charge in [0.15, 0.2) is 6.61 Å². The number of carbonyl (C=O) groups is 2. The first-order valence-electron chi connectivity index (χ1n) is 12.9. The molecule has 4 aromatic carbocycles. The van der Waals surface area contributed by atoms with E-state index in [0.717, 1.165) is 32.8 Å². The molecule has 4 aromatic rings. The van der Waals surface area contributed by atoms with Gasteiger partial charge in [-0.05, 0) is 48.1 Å². The number of halogens is 1. The SMILES string of the molecule is CC[C@@H](C)NC(=O)[C@H](Cc1ccccc1)N(Cc1cccc(Br)c1)C(=O)COc1cccc2ccccc12. The van der Waals surface area contributed by atoms with Crippen LogP contribution >= 0.6 is 15.9 Å². The Morgan fingerprint density at radius 1 is 0.895 bits per heavy atom. The largest absolute Gasteiger partial charge is 0.483 e. The average Bonchev–Trinajstić information content (AvgIpc) is 2.94. The minimum absolute atomic E-state index is 0.00414. The summed E-state index contributed by atoms with van der Waals surface area (Å²) in [6, 6.07) is 30.6. The molecule has 0 radical (unpaired) electrons. The van der Waals surface area contributed by atoms with Crippen molar-refractivity contribution in [1.29, 1.82) is 0 Å². The van der Waals surface area contributed by atoms with Gasteiger partial charge >= 0.3 is 0 Å². The minimum Gasteiger partial charge on any atom is -0.483 e. The smallest absolute Gasteiger partial charge is 0.261 e. The summed E-state index contributed by atoms with van der Waals surface area (Å²) in [6.07, 6.45) is 1.20. The maximum Gasteiger partial charge on any atom is 0.261 e. The van der Waals surface area contributed by atoms with Gasteiger partial charge in [-0.2, -0.15) is 0 Å². The minimum atomic E-state index is -0.700. The molecule has 0 spiro atoms. The van der Waals surface area contributed by atoms with Gasteiger partial charge in [-0.15, -0.1) is 0 Å². The Balaban J connectivity index is 1.65. The summed E-state index contributed by atoms with van der Waals surface area (Å²) >= 11 is 3.53. The molecule has 0 heterocycles. The highest BCUT2D eigenvalue weighted by Gasteiger charge is 2.31. The molecule has 0 aliphatic rings. The topological polar surface area (TPSA) is 58.6 Å². The van der Waals surface area contributed by atoms with E-state index in [4.69, 9.17) is 4.74 Å². The lowest BCUT2D eigenvalue weighted by atomic mass is 10.0. The quantitative estimate of drug-likeness (QED) is 0.222. The predicted molar refractivity (Wildman–Crippen MR) is 156 cm³/mol. The number of nitrogens with zero attached hydrogens (tertiary/aromatic N) is 1. The highest BCUT2D eigenvalue weighted by atomic mass is 79.9. The second-order valence-electron chi connectivity index (χ2n) is 9.44. The monoisotopic (exact) mass is 572 g/mol. The first kappa shape index (κ1) is 27.4. The van der Waals surface area contributed by atoms with Crippen molar-refractivity contribution >= 4 is 38.5 Å². The third-order valence-corrected chi connectivity index (χ3v) is 7.11. The van der Waals surface area contributed by atoms with Crippen molar-refractivity contribution in [1.82, 2.24) is 10.2 Å². The van der Waals surface area contributed by atoms with Crippen molar-refractivity contribution in [3.8, 4) is 5.75 Å². The summed E-state index contributed by atoms with van der Waals surface area (Å²) in [5.74, 6) is 0.220. The van der Waals surface area contributed by atoms with Gasteiger partial charge in [0, 0.05) is 28.9 Å². The van der Waals surface area contributed by atoms with Crippen LogP contribution in [0.2, 0.25) is 0 Å². The lowest BCUT2D eigenvalue weighted by molar-refractivity contribution is -0.143. The van der Waals surface area contributed by atoms with E-state index in [1.54, 1.807) is 4.90 Å². The van der Waals surface area contributed by atoms with Gasteiger partial charge in [-0.25, -0.2) is 0 Å². The van der Waals surface area contributed by atoms with Crippen molar-refractivity contribution in [3.05, 3.63) is 113 Å². The molecular formula is C32H33BrN2O3. The first-order chi connectivity index (χ1) is 18.4. The number of hydrogen-bond acceptors (Lipinski definition) is 3. The molecule has 4 rings (SSSR count). The van der Waals surface area contributed by atoms with Crippen LogP contribution in [0.25, 0.3) is 10.8 Å². The van der Waals surface area contributed by atoms with Gasteiger partial charge in [0.25, 0.3) is 5.91 Å². The molecule has 0 bridgehead atoms. The molecule has 0 saturated heterocycles. The lowest BCUT2D eigenvalue weighted by Gasteiger charge is -2.32. The molecule has 0 unspecified atom stereocenters. The third kappa shape index (κ3) is 7.23. The molecule has 38 heavy (non-hydrogen) atoms. The van der Waals surface area contributed by atoms with Crippen LogP contribution in [0.3, 0.4) is 0 Å². The second-order valence-corrected chi connectivity index (χ2v) is 10.4. The summed E-state index contributed by atoms with van der Waals surface area (Å²) in [6.45, 7) is 4.10. The van der Waals surface area contributed by atoms with Crippen LogP contribution in [0.1, 0.15) is 31.4 Å². The zero-order valence-corrected chi connectivity index (χ0v) is 23.4. The summed E-state index contributed by atoms with van der Waals surface area (Å²) in [5, 5.41) is 5.08. The van der Waals surface area contributed by atoms with Crippen molar-refractivity contribution in [2.75, 3.05) is 6.61 Å². The molecule has 0 aliphatic carbocycles. The van der Waals surface area contributed by atoms with E-state index < -0.39 is 6.04 Å². The summed E-state index contributed by atoms with van der Waals surface area (Å²) in [4.78, 5) is 29.1. The predicted octanol–water partition coefficient (Wildman–Crippen LogP) is 6.54. The zero-order chi connectivity index (χ0) is 26.9. The van der Waals surface area contributed by atoms with Crippen molar-refractivity contribution < 1.29 is 14.3 Å². The van der Waals surface area contributed by atoms with Crippen molar-refractivity contribution in [3.63, 3.8) is 0 Å². The Morgan fingerprint density at radius 3 is 2.34 bits per heavy atom. The van der Waals surface area contributed by atoms with Crippen LogP contribution in [-0.2, 0) is 22.6 Å². The second kappa shape index (κ2) is 13.2. The van der Waals surface area contributed by atoms with E-state index in [9.17, 15) is 9.59 Å². The standard InChI is InChI=1S/C32H33BrN2O3/c1-3-23(2)34-32(37)29(20-24-11-5-4-6-12-24)35(21-25-13-9-16-27(33)19-25)31(36)22-38-30-18-10-15-26-14-7-8-17-28(26)30/h4-19,23,29H,3,20-22H2,1-2H3,(H,34,37)/t23-,29+/m1/s1. The average molecular weight is 574 g/mol.